The molecule has 0 radical (unpaired) electrons. The monoisotopic (exact) mass is 488 g/mol. The van der Waals surface area contributed by atoms with Gasteiger partial charge in [0, 0.05) is 56.8 Å². The molecule has 0 bridgehead atoms. The van der Waals surface area contributed by atoms with Crippen molar-refractivity contribution in [2.45, 2.75) is 64.5 Å². The van der Waals surface area contributed by atoms with Crippen LogP contribution < -0.4 is 5.73 Å². The van der Waals surface area contributed by atoms with Crippen LogP contribution in [0.5, 0.6) is 0 Å². The van der Waals surface area contributed by atoms with Gasteiger partial charge in [-0.3, -0.25) is 19.3 Å². The van der Waals surface area contributed by atoms with E-state index in [2.05, 4.69) is 16.7 Å². The van der Waals surface area contributed by atoms with E-state index < -0.39 is 17.7 Å². The molecule has 2 aliphatic heterocycles. The van der Waals surface area contributed by atoms with E-state index in [1.807, 2.05) is 13.0 Å². The average Bonchev–Trinajstić information content (AvgIpc) is 3.43. The first-order chi connectivity index (χ1) is 16.2. The number of nitrogens with zero attached hydrogens (tertiary/aromatic N) is 3. The molecule has 0 unspecified atom stereocenters. The Labute approximate surface area is 207 Å². The third-order valence-electron chi connectivity index (χ3n) is 8.13. The smallest absolute Gasteiger partial charge is 0.226 e. The van der Waals surface area contributed by atoms with E-state index in [1.165, 1.54) is 0 Å². The van der Waals surface area contributed by atoms with Crippen LogP contribution in [0.2, 0.25) is 5.02 Å². The normalized spacial score (nSPS) is 25.2. The molecule has 3 fully saturated rings. The molecule has 1 saturated carbocycles. The molecule has 34 heavy (non-hydrogen) atoms. The summed E-state index contributed by atoms with van der Waals surface area (Å²) in [5, 5.41) is 0.545. The summed E-state index contributed by atoms with van der Waals surface area (Å²) in [7, 11) is 1.76. The molecule has 3 aliphatic rings. The van der Waals surface area contributed by atoms with E-state index in [0.29, 0.717) is 30.4 Å². The Bertz CT molecular complexity index is 962. The summed E-state index contributed by atoms with van der Waals surface area (Å²) in [5.41, 5.74) is 8.58. The number of amides is 3. The van der Waals surface area contributed by atoms with Crippen molar-refractivity contribution in [3.63, 3.8) is 0 Å². The summed E-state index contributed by atoms with van der Waals surface area (Å²) in [6.45, 7) is 7.75. The van der Waals surface area contributed by atoms with Gasteiger partial charge in [0.05, 0.1) is 11.8 Å². The average molecular weight is 489 g/mol. The highest BCUT2D eigenvalue weighted by atomic mass is 35.5. The van der Waals surface area contributed by atoms with Gasteiger partial charge in [-0.15, -0.1) is 0 Å². The number of rotatable bonds is 6. The molecule has 1 aliphatic carbocycles. The molecule has 3 amide bonds. The number of piperazine rings is 1. The van der Waals surface area contributed by atoms with Gasteiger partial charge >= 0.3 is 0 Å². The molecule has 0 spiro atoms. The largest absolute Gasteiger partial charge is 0.369 e. The summed E-state index contributed by atoms with van der Waals surface area (Å²) in [6, 6.07) is 3.90. The van der Waals surface area contributed by atoms with Gasteiger partial charge in [0.15, 0.2) is 0 Å². The highest BCUT2D eigenvalue weighted by Crippen LogP contribution is 2.37. The lowest BCUT2D eigenvalue weighted by Gasteiger charge is -2.41. The van der Waals surface area contributed by atoms with Crippen LogP contribution >= 0.6 is 11.6 Å². The van der Waals surface area contributed by atoms with E-state index >= 15 is 0 Å². The Kier molecular flexibility index (Phi) is 7.53. The lowest BCUT2D eigenvalue weighted by atomic mass is 9.81. The van der Waals surface area contributed by atoms with Gasteiger partial charge in [-0.2, -0.15) is 0 Å². The van der Waals surface area contributed by atoms with Gasteiger partial charge in [0.2, 0.25) is 17.7 Å². The maximum atomic E-state index is 12.9. The maximum absolute atomic E-state index is 12.9. The third kappa shape index (κ3) is 4.96. The predicted octanol–water partition coefficient (Wildman–Crippen LogP) is 2.92. The first-order valence-corrected chi connectivity index (χ1v) is 12.9. The molecule has 7 nitrogen and oxygen atoms in total. The number of hydrogen-bond acceptors (Lipinski definition) is 4. The van der Waals surface area contributed by atoms with Crippen molar-refractivity contribution < 1.29 is 14.4 Å². The molecule has 8 heteroatoms. The Balaban J connectivity index is 1.50. The number of carbonyl (C=O) groups is 3. The van der Waals surface area contributed by atoms with Crippen molar-refractivity contribution in [2.24, 2.45) is 17.6 Å². The van der Waals surface area contributed by atoms with Crippen LogP contribution in [0.4, 0.5) is 0 Å². The fourth-order valence-corrected chi connectivity index (χ4v) is 6.37. The molecule has 1 aromatic carbocycles. The first-order valence-electron chi connectivity index (χ1n) is 12.5. The van der Waals surface area contributed by atoms with Gasteiger partial charge in [-0.1, -0.05) is 24.4 Å². The van der Waals surface area contributed by atoms with Gasteiger partial charge in [-0.05, 0) is 61.9 Å². The van der Waals surface area contributed by atoms with Crippen LogP contribution in [0.25, 0.3) is 0 Å². The van der Waals surface area contributed by atoms with Crippen molar-refractivity contribution in [1.29, 1.82) is 0 Å². The quantitative estimate of drug-likeness (QED) is 0.667. The van der Waals surface area contributed by atoms with Crippen molar-refractivity contribution >= 4 is 29.3 Å². The van der Waals surface area contributed by atoms with Gasteiger partial charge in [0.1, 0.15) is 0 Å². The van der Waals surface area contributed by atoms with Gasteiger partial charge in [-0.25, -0.2) is 0 Å². The molecule has 2 saturated heterocycles. The zero-order valence-electron chi connectivity index (χ0n) is 20.6. The number of primary amides is 1. The summed E-state index contributed by atoms with van der Waals surface area (Å²) in [6.07, 6.45) is 4.98. The molecule has 0 aromatic heterocycles. The number of halogens is 1. The molecule has 186 valence electrons. The lowest BCUT2D eigenvalue weighted by Crippen LogP contribution is -2.54. The fraction of sp³-hybridized carbons (Fsp3) is 0.654. The number of hydrogen-bond donors (Lipinski definition) is 1. The van der Waals surface area contributed by atoms with Crippen LogP contribution in [-0.4, -0.2) is 71.7 Å². The Morgan fingerprint density at radius 2 is 1.85 bits per heavy atom. The molecule has 2 heterocycles. The van der Waals surface area contributed by atoms with Crippen molar-refractivity contribution in [3.05, 3.63) is 33.8 Å². The van der Waals surface area contributed by atoms with Crippen LogP contribution in [0.3, 0.4) is 0 Å². The SMILES string of the molecule is Cc1c(CN2CCN(C(=O)C3CCCC3)[C@@H](C)C2)cc(Cl)cc1[C@@H](C(N)=O)[C@@H]1CCN(C)C1=O. The number of benzene rings is 1. The van der Waals surface area contributed by atoms with Crippen molar-refractivity contribution in [1.82, 2.24) is 14.7 Å². The maximum Gasteiger partial charge on any atom is 0.226 e. The number of likely N-dealkylation sites (tertiary alicyclic amines) is 1. The van der Waals surface area contributed by atoms with Gasteiger partial charge in [0.25, 0.3) is 0 Å². The Morgan fingerprint density at radius 3 is 2.44 bits per heavy atom. The van der Waals surface area contributed by atoms with Crippen LogP contribution in [0, 0.1) is 18.8 Å². The summed E-state index contributed by atoms with van der Waals surface area (Å²) in [4.78, 5) is 44.2. The van der Waals surface area contributed by atoms with Crippen LogP contribution in [-0.2, 0) is 20.9 Å². The molecule has 4 rings (SSSR count). The van der Waals surface area contributed by atoms with Crippen LogP contribution in [0.1, 0.15) is 61.6 Å². The molecular formula is C26H37ClN4O3. The Morgan fingerprint density at radius 1 is 1.15 bits per heavy atom. The van der Waals surface area contributed by atoms with E-state index in [4.69, 9.17) is 17.3 Å². The number of carbonyl (C=O) groups excluding carboxylic acids is 3. The highest BCUT2D eigenvalue weighted by Gasteiger charge is 2.40. The summed E-state index contributed by atoms with van der Waals surface area (Å²) in [5.74, 6) is -1.14. The summed E-state index contributed by atoms with van der Waals surface area (Å²) >= 11 is 6.51. The topological polar surface area (TPSA) is 86.9 Å². The van der Waals surface area contributed by atoms with E-state index in [9.17, 15) is 14.4 Å². The molecule has 2 N–H and O–H groups in total. The highest BCUT2D eigenvalue weighted by molar-refractivity contribution is 6.30. The summed E-state index contributed by atoms with van der Waals surface area (Å²) < 4.78 is 0. The fourth-order valence-electron chi connectivity index (χ4n) is 6.13. The molecular weight excluding hydrogens is 452 g/mol. The lowest BCUT2D eigenvalue weighted by molar-refractivity contribution is -0.140. The minimum absolute atomic E-state index is 0.0402. The second-order valence-electron chi connectivity index (χ2n) is 10.4. The Hall–Kier alpha value is -2.12. The zero-order chi connectivity index (χ0) is 24.6. The standard InChI is InChI=1S/C26H37ClN4O3/c1-16-14-30(10-11-31(16)25(33)18-6-4-5-7-18)15-19-12-20(27)13-22(17(19)2)23(24(28)32)21-8-9-29(3)26(21)34/h12-13,16,18,21,23H,4-11,14-15H2,1-3H3,(H2,28,32)/t16-,21-,23-/m0/s1. The van der Waals surface area contributed by atoms with Gasteiger partial charge < -0.3 is 15.5 Å². The van der Waals surface area contributed by atoms with Crippen LogP contribution in [0.15, 0.2) is 12.1 Å². The van der Waals surface area contributed by atoms with E-state index in [0.717, 1.165) is 62.0 Å². The second kappa shape index (κ2) is 10.2. The second-order valence-corrected chi connectivity index (χ2v) is 10.8. The minimum Gasteiger partial charge on any atom is -0.369 e. The molecule has 3 atom stereocenters. The molecule has 1 aromatic rings. The first kappa shape index (κ1) is 25.0. The zero-order valence-corrected chi connectivity index (χ0v) is 21.3. The van der Waals surface area contributed by atoms with Crippen molar-refractivity contribution in [3.8, 4) is 0 Å². The number of nitrogens with two attached hydrogens (primary N) is 1. The minimum atomic E-state index is -0.685. The van der Waals surface area contributed by atoms with Crippen molar-refractivity contribution in [2.75, 3.05) is 33.2 Å². The third-order valence-corrected chi connectivity index (χ3v) is 8.34. The predicted molar refractivity (Wildman–Crippen MR) is 132 cm³/mol. The van der Waals surface area contributed by atoms with E-state index in [1.54, 1.807) is 18.0 Å². The van der Waals surface area contributed by atoms with E-state index in [-0.39, 0.29) is 17.9 Å².